The summed E-state index contributed by atoms with van der Waals surface area (Å²) in [4.78, 5) is 34.9. The molecule has 0 atom stereocenters. The molecule has 0 unspecified atom stereocenters. The summed E-state index contributed by atoms with van der Waals surface area (Å²) in [5.41, 5.74) is 4.70. The molecule has 4 aromatic carbocycles. The molecule has 4 heterocycles. The number of rotatable bonds is 13. The summed E-state index contributed by atoms with van der Waals surface area (Å²) in [5, 5.41) is 7.38. The van der Waals surface area contributed by atoms with Crippen molar-refractivity contribution in [2.75, 3.05) is 45.2 Å². The summed E-state index contributed by atoms with van der Waals surface area (Å²) in [6, 6.07) is 37.6. The molecule has 0 saturated heterocycles. The minimum Gasteiger partial charge on any atom is -0.497 e. The van der Waals surface area contributed by atoms with E-state index in [0.29, 0.717) is 82.8 Å². The maximum absolute atomic E-state index is 13.7. The Morgan fingerprint density at radius 1 is 0.615 bits per heavy atom. The Bertz CT molecular complexity index is 2940. The molecule has 0 aliphatic heterocycles. The number of fused-ring (bicyclic) bond motifs is 2. The van der Waals surface area contributed by atoms with Crippen molar-refractivity contribution in [1.29, 1.82) is 0 Å². The smallest absolute Gasteiger partial charge is 0.227 e. The summed E-state index contributed by atoms with van der Waals surface area (Å²) < 4.78 is 49.3. The summed E-state index contributed by atoms with van der Waals surface area (Å²) in [5.74, 6) is 2.82. The van der Waals surface area contributed by atoms with Crippen LogP contribution in [0.2, 0.25) is 0 Å². The fraction of sp³-hybridized carbons (Fsp3) is 0.216. The standard InChI is InChI=1S/C25H25N3O4.C23H20FN3O2.C2H6.CH3F/c1-5-32-25-24-21(12-16(2)26-25)28(18-9-7-11-20(14-18)31-4)23(15-22(24)29)27-17-8-6-10-19(13-17)30-3;1-2-13-29-23-22-19(11-12-25-23)27(18-9-4-3-5-10-18)21(15-20(22)28)26-17-8-6-7-16(24)14-17;2*1-2/h6-15,27H,5H2,1-4H3;3-12,14-15,26H,2,13H2,1H3;1-2H3;1H3. The second kappa shape index (κ2) is 23.6. The monoisotopic (exact) mass is 884 g/mol. The highest BCUT2D eigenvalue weighted by molar-refractivity contribution is 5.89. The first kappa shape index (κ1) is 48.3. The summed E-state index contributed by atoms with van der Waals surface area (Å²) >= 11 is 0. The number of pyridine rings is 4. The van der Waals surface area contributed by atoms with Crippen molar-refractivity contribution < 1.29 is 27.7 Å². The van der Waals surface area contributed by atoms with Gasteiger partial charge in [-0.2, -0.15) is 0 Å². The van der Waals surface area contributed by atoms with Gasteiger partial charge in [-0.25, -0.2) is 14.4 Å². The Morgan fingerprint density at radius 2 is 1.18 bits per heavy atom. The van der Waals surface area contributed by atoms with Gasteiger partial charge in [-0.05, 0) is 87.0 Å². The molecular formula is C51H54F2N6O6. The lowest BCUT2D eigenvalue weighted by molar-refractivity contribution is 0.309. The molecule has 2 N–H and O–H groups in total. The predicted molar refractivity (Wildman–Crippen MR) is 257 cm³/mol. The fourth-order valence-corrected chi connectivity index (χ4v) is 6.85. The molecule has 0 aliphatic carbocycles. The summed E-state index contributed by atoms with van der Waals surface area (Å²) in [6.45, 7) is 10.6. The zero-order valence-corrected chi connectivity index (χ0v) is 37.8. The van der Waals surface area contributed by atoms with E-state index < -0.39 is 0 Å². The van der Waals surface area contributed by atoms with Crippen LogP contribution in [0.4, 0.5) is 31.8 Å². The van der Waals surface area contributed by atoms with Gasteiger partial charge >= 0.3 is 0 Å². The van der Waals surface area contributed by atoms with Crippen LogP contribution in [0.5, 0.6) is 23.3 Å². The molecule has 0 fully saturated rings. The first-order valence-corrected chi connectivity index (χ1v) is 21.1. The van der Waals surface area contributed by atoms with Gasteiger partial charge in [0.1, 0.15) is 39.7 Å². The molecule has 65 heavy (non-hydrogen) atoms. The number of aryl methyl sites for hydroxylation is 1. The minimum absolute atomic E-state index is 0.180. The molecule has 12 nitrogen and oxygen atoms in total. The third-order valence-corrected chi connectivity index (χ3v) is 9.47. The number of aromatic nitrogens is 4. The Kier molecular flexibility index (Phi) is 17.6. The first-order chi connectivity index (χ1) is 31.7. The van der Waals surface area contributed by atoms with Gasteiger partial charge in [0, 0.05) is 53.2 Å². The van der Waals surface area contributed by atoms with Crippen LogP contribution in [0.3, 0.4) is 0 Å². The van der Waals surface area contributed by atoms with E-state index in [0.717, 1.165) is 29.2 Å². The lowest BCUT2D eigenvalue weighted by Crippen LogP contribution is -2.15. The van der Waals surface area contributed by atoms with Crippen LogP contribution in [0.1, 0.15) is 39.8 Å². The topological polar surface area (TPSA) is 131 Å². The Labute approximate surface area is 377 Å². The normalized spacial score (nSPS) is 10.3. The Morgan fingerprint density at radius 3 is 1.80 bits per heavy atom. The van der Waals surface area contributed by atoms with Crippen molar-refractivity contribution in [2.24, 2.45) is 0 Å². The SMILES string of the molecule is CC.CCCOc1nccc2c1c(=O)cc(Nc1cccc(F)c1)n2-c1ccccc1.CCOc1nc(C)cc2c1c(=O)cc(Nc1cccc(OC)c1)n2-c1cccc(OC)c1.CF. The van der Waals surface area contributed by atoms with Crippen LogP contribution in [-0.4, -0.2) is 53.7 Å². The lowest BCUT2D eigenvalue weighted by atomic mass is 10.2. The average Bonchev–Trinajstić information content (AvgIpc) is 3.32. The Balaban J connectivity index is 0.000000228. The number of nitrogens with zero attached hydrogens (tertiary/aromatic N) is 4. The number of benzene rings is 4. The van der Waals surface area contributed by atoms with Crippen molar-refractivity contribution in [3.05, 3.63) is 166 Å². The van der Waals surface area contributed by atoms with Gasteiger partial charge in [-0.3, -0.25) is 23.1 Å². The highest BCUT2D eigenvalue weighted by atomic mass is 19.1. The third kappa shape index (κ3) is 11.6. The average molecular weight is 885 g/mol. The van der Waals surface area contributed by atoms with Gasteiger partial charge in [0.05, 0.1) is 51.3 Å². The van der Waals surface area contributed by atoms with E-state index in [1.807, 2.05) is 129 Å². The summed E-state index contributed by atoms with van der Waals surface area (Å²) in [6.07, 6.45) is 2.43. The molecule has 0 amide bonds. The quantitative estimate of drug-likeness (QED) is 0.115. The molecule has 0 bridgehead atoms. The zero-order valence-electron chi connectivity index (χ0n) is 37.8. The molecule has 0 radical (unpaired) electrons. The third-order valence-electron chi connectivity index (χ3n) is 9.47. The summed E-state index contributed by atoms with van der Waals surface area (Å²) in [7, 11) is 3.74. The van der Waals surface area contributed by atoms with Crippen LogP contribution >= 0.6 is 0 Å². The molecule has 0 aliphatic rings. The molecule has 0 spiro atoms. The van der Waals surface area contributed by atoms with Crippen molar-refractivity contribution in [2.45, 2.75) is 41.0 Å². The number of anilines is 4. The van der Waals surface area contributed by atoms with Crippen LogP contribution < -0.4 is 40.4 Å². The number of halogens is 2. The van der Waals surface area contributed by atoms with E-state index in [1.165, 1.54) is 18.2 Å². The highest BCUT2D eigenvalue weighted by Gasteiger charge is 2.19. The number of nitrogens with one attached hydrogen (secondary N) is 2. The molecule has 14 heteroatoms. The highest BCUT2D eigenvalue weighted by Crippen LogP contribution is 2.32. The van der Waals surface area contributed by atoms with Crippen molar-refractivity contribution in [3.63, 3.8) is 0 Å². The van der Waals surface area contributed by atoms with Gasteiger partial charge in [-0.15, -0.1) is 0 Å². The molecule has 8 rings (SSSR count). The molecule has 338 valence electrons. The maximum atomic E-state index is 13.7. The van der Waals surface area contributed by atoms with E-state index in [4.69, 9.17) is 18.9 Å². The second-order valence-electron chi connectivity index (χ2n) is 13.7. The molecule has 8 aromatic rings. The van der Waals surface area contributed by atoms with Crippen LogP contribution in [0.25, 0.3) is 33.2 Å². The van der Waals surface area contributed by atoms with Crippen molar-refractivity contribution >= 4 is 44.8 Å². The second-order valence-corrected chi connectivity index (χ2v) is 13.7. The maximum Gasteiger partial charge on any atom is 0.227 e. The van der Waals surface area contributed by atoms with Crippen molar-refractivity contribution in [1.82, 2.24) is 19.1 Å². The number of alkyl halides is 1. The van der Waals surface area contributed by atoms with Gasteiger partial charge in [0.25, 0.3) is 0 Å². The van der Waals surface area contributed by atoms with Gasteiger partial charge in [-0.1, -0.05) is 57.2 Å². The van der Waals surface area contributed by atoms with E-state index in [-0.39, 0.29) is 16.7 Å². The van der Waals surface area contributed by atoms with E-state index in [9.17, 15) is 18.4 Å². The van der Waals surface area contributed by atoms with Crippen LogP contribution in [0.15, 0.2) is 143 Å². The molecule has 0 saturated carbocycles. The van der Waals surface area contributed by atoms with Crippen LogP contribution in [0, 0.1) is 12.7 Å². The number of hydrogen-bond donors (Lipinski definition) is 2. The van der Waals surface area contributed by atoms with Crippen molar-refractivity contribution in [3.8, 4) is 34.6 Å². The minimum atomic E-state index is -0.358. The Hall–Kier alpha value is -7.74. The van der Waals surface area contributed by atoms with E-state index in [1.54, 1.807) is 44.7 Å². The van der Waals surface area contributed by atoms with Crippen LogP contribution in [-0.2, 0) is 0 Å². The number of ether oxygens (including phenoxy) is 4. The lowest BCUT2D eigenvalue weighted by Gasteiger charge is -2.20. The first-order valence-electron chi connectivity index (χ1n) is 21.1. The number of para-hydroxylation sites is 1. The van der Waals surface area contributed by atoms with Gasteiger partial charge in [0.15, 0.2) is 10.9 Å². The van der Waals surface area contributed by atoms with Gasteiger partial charge < -0.3 is 29.6 Å². The number of methoxy groups -OCH3 is 2. The molecule has 4 aromatic heterocycles. The molecular weight excluding hydrogens is 831 g/mol. The number of hydrogen-bond acceptors (Lipinski definition) is 10. The zero-order chi connectivity index (χ0) is 46.9. The van der Waals surface area contributed by atoms with E-state index >= 15 is 0 Å². The fourth-order valence-electron chi connectivity index (χ4n) is 6.85. The largest absolute Gasteiger partial charge is 0.497 e. The van der Waals surface area contributed by atoms with Gasteiger partial charge in [0.2, 0.25) is 11.8 Å². The van der Waals surface area contributed by atoms with E-state index in [2.05, 4.69) is 20.6 Å². The predicted octanol–water partition coefficient (Wildman–Crippen LogP) is 11.5.